The zero-order valence-electron chi connectivity index (χ0n) is 25.6. The predicted octanol–water partition coefficient (Wildman–Crippen LogP) is 11.4. The summed E-state index contributed by atoms with van der Waals surface area (Å²) in [6.45, 7) is 32.0. The van der Waals surface area contributed by atoms with Crippen molar-refractivity contribution in [3.8, 4) is 0 Å². The van der Waals surface area contributed by atoms with Crippen molar-refractivity contribution in [1.29, 1.82) is 0 Å². The van der Waals surface area contributed by atoms with E-state index in [-0.39, 0.29) is 0 Å². The van der Waals surface area contributed by atoms with Gasteiger partial charge < -0.3 is 0 Å². The Morgan fingerprint density at radius 1 is 0.886 bits per heavy atom. The van der Waals surface area contributed by atoms with Gasteiger partial charge >= 0.3 is 0 Å². The third-order valence-corrected chi connectivity index (χ3v) is 11.7. The Bertz CT molecular complexity index is 659. The highest BCUT2D eigenvalue weighted by molar-refractivity contribution is 5.11. The van der Waals surface area contributed by atoms with E-state index in [1.807, 2.05) is 13.8 Å². The zero-order chi connectivity index (χ0) is 26.6. The molecule has 0 radical (unpaired) electrons. The second-order valence-corrected chi connectivity index (χ2v) is 14.2. The first-order chi connectivity index (χ1) is 16.6. The van der Waals surface area contributed by atoms with Crippen molar-refractivity contribution in [2.75, 3.05) is 0 Å². The molecule has 0 aromatic carbocycles. The molecule has 0 heterocycles. The maximum absolute atomic E-state index is 4.18. The number of allylic oxidation sites excluding steroid dienone is 1. The van der Waals surface area contributed by atoms with Crippen LogP contribution in [0.2, 0.25) is 0 Å². The van der Waals surface area contributed by atoms with Crippen molar-refractivity contribution >= 4 is 0 Å². The fourth-order valence-corrected chi connectivity index (χ4v) is 10.3. The zero-order valence-corrected chi connectivity index (χ0v) is 25.6. The molecule has 4 aliphatic rings. The lowest BCUT2D eigenvalue weighted by molar-refractivity contribution is -0.144. The smallest absolute Gasteiger partial charge is 0.0264 e. The van der Waals surface area contributed by atoms with Crippen molar-refractivity contribution < 1.29 is 0 Å². The van der Waals surface area contributed by atoms with Gasteiger partial charge in [-0.3, -0.25) is 0 Å². The van der Waals surface area contributed by atoms with Gasteiger partial charge in [0, 0.05) is 0 Å². The summed E-state index contributed by atoms with van der Waals surface area (Å²) in [5.41, 5.74) is 2.64. The van der Waals surface area contributed by atoms with E-state index in [1.165, 1.54) is 69.8 Å². The highest BCUT2D eigenvalue weighted by Crippen LogP contribution is 2.69. The van der Waals surface area contributed by atoms with Gasteiger partial charge in [-0.2, -0.15) is 0 Å². The van der Waals surface area contributed by atoms with Crippen LogP contribution in [-0.2, 0) is 0 Å². The average molecular weight is 485 g/mol. The Labute approximate surface area is 222 Å². The van der Waals surface area contributed by atoms with Crippen LogP contribution in [0.4, 0.5) is 0 Å². The fraction of sp³-hybridized carbons (Fsp3) is 0.886. The first-order valence-corrected chi connectivity index (χ1v) is 15.7. The lowest BCUT2D eigenvalue weighted by Gasteiger charge is -2.63. The molecule has 0 saturated heterocycles. The first-order valence-electron chi connectivity index (χ1n) is 15.7. The summed E-state index contributed by atoms with van der Waals surface area (Å²) in [7, 11) is 0. The van der Waals surface area contributed by atoms with Crippen LogP contribution in [-0.4, -0.2) is 0 Å². The molecule has 0 aliphatic heterocycles. The lowest BCUT2D eigenvalue weighted by Crippen LogP contribution is -2.56. The van der Waals surface area contributed by atoms with E-state index in [0.29, 0.717) is 10.8 Å². The van der Waals surface area contributed by atoms with Crippen LogP contribution in [0.3, 0.4) is 0 Å². The third kappa shape index (κ3) is 6.14. The molecule has 4 saturated carbocycles. The van der Waals surface area contributed by atoms with Gasteiger partial charge in [0.05, 0.1) is 0 Å². The fourth-order valence-electron chi connectivity index (χ4n) is 10.3. The van der Waals surface area contributed by atoms with Crippen LogP contribution in [0.5, 0.6) is 0 Å². The van der Waals surface area contributed by atoms with E-state index < -0.39 is 0 Å². The summed E-state index contributed by atoms with van der Waals surface area (Å²) in [6, 6.07) is 0. The first kappa shape index (κ1) is 30.7. The Hall–Kier alpha value is -0.520. The highest BCUT2D eigenvalue weighted by atomic mass is 14.7. The SMILES string of the molecule is C=C.C=C(C)CCC(C)C1CCC2C3C(C)CC4CC(CC(C)C)CCC4(C)C3CCC12C.CC. The lowest BCUT2D eigenvalue weighted by atomic mass is 9.42. The second-order valence-electron chi connectivity index (χ2n) is 14.2. The number of fused-ring (bicyclic) bond motifs is 5. The molecule has 0 heteroatoms. The van der Waals surface area contributed by atoms with Crippen LogP contribution in [0.1, 0.15) is 133 Å². The van der Waals surface area contributed by atoms with E-state index in [4.69, 9.17) is 0 Å². The van der Waals surface area contributed by atoms with E-state index in [0.717, 1.165) is 53.3 Å². The van der Waals surface area contributed by atoms with Crippen LogP contribution in [0, 0.1) is 64.1 Å². The van der Waals surface area contributed by atoms with Gasteiger partial charge in [-0.05, 0) is 142 Å². The Morgan fingerprint density at radius 3 is 2.09 bits per heavy atom. The van der Waals surface area contributed by atoms with E-state index >= 15 is 0 Å². The average Bonchev–Trinajstić information content (AvgIpc) is 3.18. The van der Waals surface area contributed by atoms with Gasteiger partial charge in [0.2, 0.25) is 0 Å². The van der Waals surface area contributed by atoms with Crippen LogP contribution in [0.25, 0.3) is 0 Å². The van der Waals surface area contributed by atoms with Gasteiger partial charge in [0.25, 0.3) is 0 Å². The summed E-state index contributed by atoms with van der Waals surface area (Å²) in [5, 5.41) is 0. The maximum atomic E-state index is 4.18. The standard InChI is InChI=1S/C31H54.C2H6.C2H4/c1-20(2)9-10-22(5)26-11-12-27-29-23(6)18-25-19-24(17-21(3)4)13-15-30(25,7)28(29)14-16-31(26,27)8;2*1-2/h21-29H,1,9-19H2,2-8H3;1-2H3;1-2H2. The molecule has 10 unspecified atom stereocenters. The molecular weight excluding hydrogens is 420 g/mol. The van der Waals surface area contributed by atoms with Crippen LogP contribution in [0.15, 0.2) is 25.3 Å². The van der Waals surface area contributed by atoms with Gasteiger partial charge in [0.1, 0.15) is 0 Å². The molecule has 0 aromatic rings. The predicted molar refractivity (Wildman–Crippen MR) is 159 cm³/mol. The summed E-state index contributed by atoms with van der Waals surface area (Å²) < 4.78 is 0. The Morgan fingerprint density at radius 2 is 1.49 bits per heavy atom. The molecule has 35 heavy (non-hydrogen) atoms. The van der Waals surface area contributed by atoms with Gasteiger partial charge in [-0.1, -0.05) is 61.0 Å². The van der Waals surface area contributed by atoms with E-state index in [1.54, 1.807) is 6.42 Å². The molecule has 0 nitrogen and oxygen atoms in total. The molecule has 0 spiro atoms. The van der Waals surface area contributed by atoms with Gasteiger partial charge in [-0.25, -0.2) is 0 Å². The Balaban J connectivity index is 0.00000103. The molecular formula is C35H64. The molecule has 4 fully saturated rings. The van der Waals surface area contributed by atoms with Crippen LogP contribution >= 0.6 is 0 Å². The third-order valence-electron chi connectivity index (χ3n) is 11.7. The van der Waals surface area contributed by atoms with Crippen molar-refractivity contribution in [3.05, 3.63) is 25.3 Å². The van der Waals surface area contributed by atoms with Gasteiger partial charge in [-0.15, -0.1) is 19.7 Å². The van der Waals surface area contributed by atoms with Crippen molar-refractivity contribution in [2.24, 2.45) is 64.1 Å². The van der Waals surface area contributed by atoms with Crippen molar-refractivity contribution in [1.82, 2.24) is 0 Å². The molecule has 204 valence electrons. The molecule has 4 rings (SSSR count). The molecule has 10 atom stereocenters. The summed E-state index contributed by atoms with van der Waals surface area (Å²) >= 11 is 0. The molecule has 0 bridgehead atoms. The minimum absolute atomic E-state index is 0.613. The second kappa shape index (κ2) is 12.8. The largest absolute Gasteiger partial charge is 0.106 e. The molecule has 4 aliphatic carbocycles. The molecule has 0 aromatic heterocycles. The number of hydrogen-bond donors (Lipinski definition) is 0. The summed E-state index contributed by atoms with van der Waals surface area (Å²) in [5.74, 6) is 8.72. The minimum atomic E-state index is 0.613. The summed E-state index contributed by atoms with van der Waals surface area (Å²) in [4.78, 5) is 0. The molecule has 0 amide bonds. The van der Waals surface area contributed by atoms with Crippen molar-refractivity contribution in [2.45, 2.75) is 133 Å². The van der Waals surface area contributed by atoms with E-state index in [2.05, 4.69) is 68.2 Å². The Kier molecular flexibility index (Phi) is 11.2. The minimum Gasteiger partial charge on any atom is -0.106 e. The summed E-state index contributed by atoms with van der Waals surface area (Å²) in [6.07, 6.45) is 16.3. The van der Waals surface area contributed by atoms with Gasteiger partial charge in [0.15, 0.2) is 0 Å². The monoisotopic (exact) mass is 485 g/mol. The normalized spacial score (nSPS) is 42.9. The number of rotatable bonds is 6. The van der Waals surface area contributed by atoms with Crippen LogP contribution < -0.4 is 0 Å². The maximum Gasteiger partial charge on any atom is -0.0264 e. The van der Waals surface area contributed by atoms with E-state index in [9.17, 15) is 0 Å². The highest BCUT2D eigenvalue weighted by Gasteiger charge is 2.62. The number of hydrogen-bond acceptors (Lipinski definition) is 0. The topological polar surface area (TPSA) is 0 Å². The quantitative estimate of drug-likeness (QED) is 0.329. The van der Waals surface area contributed by atoms with Crippen molar-refractivity contribution in [3.63, 3.8) is 0 Å². The molecule has 0 N–H and O–H groups in total.